The summed E-state index contributed by atoms with van der Waals surface area (Å²) in [5, 5.41) is 44.4. The van der Waals surface area contributed by atoms with Crippen LogP contribution in [0.1, 0.15) is 43.0 Å². The summed E-state index contributed by atoms with van der Waals surface area (Å²) in [6.07, 6.45) is 0. The van der Waals surface area contributed by atoms with Crippen molar-refractivity contribution < 1.29 is 49.2 Å². The fourth-order valence-corrected chi connectivity index (χ4v) is 5.37. The minimum Gasteiger partial charge on any atom is -0.489 e. The van der Waals surface area contributed by atoms with Crippen LogP contribution < -0.4 is 14.9 Å². The zero-order chi connectivity index (χ0) is 39.6. The molecule has 0 bridgehead atoms. The number of aliphatic hydroxyl groups excluding tert-OH is 2. The molecular weight excluding hydrogens is 814 g/mol. The van der Waals surface area contributed by atoms with Crippen molar-refractivity contribution in [3.63, 3.8) is 0 Å². The van der Waals surface area contributed by atoms with Crippen LogP contribution in [0.15, 0.2) is 146 Å². The van der Waals surface area contributed by atoms with Gasteiger partial charge in [0, 0.05) is 3.57 Å². The second-order valence-corrected chi connectivity index (χ2v) is 13.1. The van der Waals surface area contributed by atoms with Gasteiger partial charge in [-0.25, -0.2) is 9.59 Å². The molecule has 0 spiro atoms. The Morgan fingerprint density at radius 3 is 1.62 bits per heavy atom. The zero-order valence-electron chi connectivity index (χ0n) is 29.9. The van der Waals surface area contributed by atoms with Crippen molar-refractivity contribution in [3.8, 4) is 22.6 Å². The first kappa shape index (κ1) is 42.2. The maximum Gasteiger partial charge on any atom is 0.488 e. The summed E-state index contributed by atoms with van der Waals surface area (Å²) in [7, 11) is -0.0848. The molecule has 0 saturated carbocycles. The summed E-state index contributed by atoms with van der Waals surface area (Å²) in [4.78, 5) is 22.4. The molecule has 0 radical (unpaired) electrons. The van der Waals surface area contributed by atoms with E-state index in [0.29, 0.717) is 35.6 Å². The predicted octanol–water partition coefficient (Wildman–Crippen LogP) is 6.64. The smallest absolute Gasteiger partial charge is 0.488 e. The fraction of sp³-hybridized carbons (Fsp3) is 0.116. The largest absolute Gasteiger partial charge is 0.489 e. The molecule has 0 amide bonds. The number of carboxylic acids is 1. The Morgan fingerprint density at radius 2 is 1.07 bits per heavy atom. The van der Waals surface area contributed by atoms with Gasteiger partial charge in [-0.2, -0.15) is 0 Å². The van der Waals surface area contributed by atoms with Crippen molar-refractivity contribution in [1.29, 1.82) is 0 Å². The topological polar surface area (TPSA) is 163 Å². The minimum atomic E-state index is -1.46. The van der Waals surface area contributed by atoms with Crippen molar-refractivity contribution in [3.05, 3.63) is 183 Å². The van der Waals surface area contributed by atoms with Gasteiger partial charge in [0.1, 0.15) is 24.7 Å². The first-order valence-electron chi connectivity index (χ1n) is 16.9. The standard InChI is InChI=1S/C21H18O4.C15H13IO3.C7H9BO3/c22-13-15-3-1-5-18(11-15)17-7-9-20(10-8-17)25-14-16-4-2-6-19(12-16)21(23)24;1-18-15(17)12-4-2-3-11(9-12)10-19-14-7-5-13(16)6-8-14;9-5-6-2-1-3-7(4-6)8(10)11/h1-12,22H,13-14H2,(H,23,24);2-9H,10H2,1H3;1-4,9-11H,5H2. The number of benzene rings is 6. The molecule has 6 aromatic rings. The lowest BCUT2D eigenvalue weighted by molar-refractivity contribution is 0.0599. The third-order valence-corrected chi connectivity index (χ3v) is 8.59. The van der Waals surface area contributed by atoms with Gasteiger partial charge in [-0.15, -0.1) is 0 Å². The highest BCUT2D eigenvalue weighted by Gasteiger charge is 2.10. The number of aromatic carboxylic acids is 1. The number of carbonyl (C=O) groups is 2. The van der Waals surface area contributed by atoms with E-state index in [9.17, 15) is 14.7 Å². The number of hydrogen-bond acceptors (Lipinski definition) is 9. The first-order valence-corrected chi connectivity index (χ1v) is 18.0. The molecule has 0 atom stereocenters. The van der Waals surface area contributed by atoms with Crippen LogP contribution in [0.25, 0.3) is 11.1 Å². The van der Waals surface area contributed by atoms with E-state index >= 15 is 0 Å². The van der Waals surface area contributed by atoms with Crippen LogP contribution in [0.2, 0.25) is 0 Å². The van der Waals surface area contributed by atoms with Gasteiger partial charge in [0.2, 0.25) is 0 Å². The molecule has 0 aliphatic rings. The van der Waals surface area contributed by atoms with Crippen LogP contribution >= 0.6 is 22.6 Å². The minimum absolute atomic E-state index is 0.0183. The maximum atomic E-state index is 11.4. The average molecular weight is 854 g/mol. The Balaban J connectivity index is 0.000000198. The van der Waals surface area contributed by atoms with Gasteiger partial charge in [-0.05, 0) is 128 Å². The van der Waals surface area contributed by atoms with E-state index in [4.69, 9.17) is 29.7 Å². The third-order valence-electron chi connectivity index (χ3n) is 7.88. The Kier molecular flexibility index (Phi) is 16.9. The summed E-state index contributed by atoms with van der Waals surface area (Å²) in [5.41, 5.74) is 6.54. The summed E-state index contributed by atoms with van der Waals surface area (Å²) in [6.45, 7) is 0.664. The van der Waals surface area contributed by atoms with Crippen LogP contribution in [0.4, 0.5) is 0 Å². The van der Waals surface area contributed by atoms with Gasteiger partial charge in [-0.3, -0.25) is 0 Å². The molecule has 10 nitrogen and oxygen atoms in total. The molecular formula is C43H40BIO10. The number of halogens is 1. The zero-order valence-corrected chi connectivity index (χ0v) is 32.1. The molecule has 5 N–H and O–H groups in total. The molecule has 12 heteroatoms. The van der Waals surface area contributed by atoms with Crippen molar-refractivity contribution in [2.45, 2.75) is 26.4 Å². The van der Waals surface area contributed by atoms with Gasteiger partial charge in [-0.1, -0.05) is 78.9 Å². The fourth-order valence-electron chi connectivity index (χ4n) is 5.01. The number of carbonyl (C=O) groups excluding carboxylic acids is 1. The van der Waals surface area contributed by atoms with Crippen molar-refractivity contribution in [2.24, 2.45) is 0 Å². The van der Waals surface area contributed by atoms with E-state index in [-0.39, 0.29) is 24.7 Å². The number of rotatable bonds is 12. The molecule has 6 rings (SSSR count). The van der Waals surface area contributed by atoms with Crippen LogP contribution in [0.3, 0.4) is 0 Å². The number of ether oxygens (including phenoxy) is 3. The number of esters is 1. The molecule has 0 fully saturated rings. The van der Waals surface area contributed by atoms with E-state index in [1.54, 1.807) is 54.6 Å². The lowest BCUT2D eigenvalue weighted by Crippen LogP contribution is -2.29. The normalized spacial score (nSPS) is 10.1. The Hall–Kier alpha value is -5.51. The van der Waals surface area contributed by atoms with E-state index in [1.165, 1.54) is 7.11 Å². The highest BCUT2D eigenvalue weighted by atomic mass is 127. The van der Waals surface area contributed by atoms with Crippen LogP contribution in [-0.4, -0.2) is 51.5 Å². The van der Waals surface area contributed by atoms with Gasteiger partial charge in [0.25, 0.3) is 0 Å². The second-order valence-electron chi connectivity index (χ2n) is 11.9. The second kappa shape index (κ2) is 22.0. The lowest BCUT2D eigenvalue weighted by Gasteiger charge is -2.09. The molecule has 282 valence electrons. The summed E-state index contributed by atoms with van der Waals surface area (Å²) in [5.74, 6) is 0.235. The summed E-state index contributed by atoms with van der Waals surface area (Å²) in [6, 6.07) is 43.7. The number of carboxylic acid groups (broad SMARTS) is 1. The van der Waals surface area contributed by atoms with E-state index in [1.807, 2.05) is 91.0 Å². The average Bonchev–Trinajstić information content (AvgIpc) is 3.23. The summed E-state index contributed by atoms with van der Waals surface area (Å²) < 4.78 is 17.2. The van der Waals surface area contributed by atoms with Crippen molar-refractivity contribution >= 4 is 47.1 Å². The molecule has 0 aromatic heterocycles. The maximum absolute atomic E-state index is 11.4. The van der Waals surface area contributed by atoms with Crippen LogP contribution in [-0.2, 0) is 31.2 Å². The van der Waals surface area contributed by atoms with Crippen LogP contribution in [0, 0.1) is 3.57 Å². The summed E-state index contributed by atoms with van der Waals surface area (Å²) >= 11 is 2.25. The Bertz CT molecular complexity index is 2120. The SMILES string of the molecule is COC(=O)c1cccc(COc2ccc(I)cc2)c1.O=C(O)c1cccc(COc2ccc(-c3cccc(CO)c3)cc2)c1.OCc1cccc(B(O)O)c1. The molecule has 6 aromatic carbocycles. The number of methoxy groups -OCH3 is 1. The Morgan fingerprint density at radius 1 is 0.582 bits per heavy atom. The van der Waals surface area contributed by atoms with E-state index in [2.05, 4.69) is 27.3 Å². The van der Waals surface area contributed by atoms with Crippen LogP contribution in [0.5, 0.6) is 11.5 Å². The molecule has 0 saturated heterocycles. The Labute approximate surface area is 333 Å². The predicted molar refractivity (Wildman–Crippen MR) is 219 cm³/mol. The van der Waals surface area contributed by atoms with Gasteiger partial charge < -0.3 is 39.6 Å². The molecule has 0 aliphatic carbocycles. The monoisotopic (exact) mass is 854 g/mol. The highest BCUT2D eigenvalue weighted by Crippen LogP contribution is 2.24. The molecule has 0 aliphatic heterocycles. The highest BCUT2D eigenvalue weighted by molar-refractivity contribution is 14.1. The van der Waals surface area contributed by atoms with Crippen molar-refractivity contribution in [2.75, 3.05) is 7.11 Å². The van der Waals surface area contributed by atoms with Crippen molar-refractivity contribution in [1.82, 2.24) is 0 Å². The molecule has 55 heavy (non-hydrogen) atoms. The third kappa shape index (κ3) is 14.0. The molecule has 0 heterocycles. The van der Waals surface area contributed by atoms with Gasteiger partial charge in [0.05, 0.1) is 31.5 Å². The number of aliphatic hydroxyl groups is 2. The van der Waals surface area contributed by atoms with E-state index in [0.717, 1.165) is 37.1 Å². The lowest BCUT2D eigenvalue weighted by atomic mass is 9.80. The number of hydrogen-bond donors (Lipinski definition) is 5. The quantitative estimate of drug-likeness (QED) is 0.0513. The molecule has 0 unspecified atom stereocenters. The van der Waals surface area contributed by atoms with Gasteiger partial charge >= 0.3 is 19.1 Å². The first-order chi connectivity index (χ1) is 26.6. The van der Waals surface area contributed by atoms with E-state index < -0.39 is 13.1 Å². The van der Waals surface area contributed by atoms with Gasteiger partial charge in [0.15, 0.2) is 0 Å².